The zero-order valence-corrected chi connectivity index (χ0v) is 22.2. The molecule has 35 heavy (non-hydrogen) atoms. The Balaban J connectivity index is 2.72. The number of rotatable bonds is 20. The second-order valence-electron chi connectivity index (χ2n) is 9.72. The molecule has 0 saturated carbocycles. The first-order valence-electron chi connectivity index (χ1n) is 13.5. The third-order valence-electron chi connectivity index (χ3n) is 6.11. The lowest BCUT2D eigenvalue weighted by molar-refractivity contribution is -0.190. The first-order chi connectivity index (χ1) is 16.9. The van der Waals surface area contributed by atoms with Crippen LogP contribution in [0.25, 0.3) is 0 Å². The quantitative estimate of drug-likeness (QED) is 0.0951. The summed E-state index contributed by atoms with van der Waals surface area (Å²) in [6.45, 7) is 8.27. The molecule has 0 radical (unpaired) electrons. The molecule has 1 aliphatic heterocycles. The highest BCUT2D eigenvalue weighted by Crippen LogP contribution is 2.32. The maximum absolute atomic E-state index is 12.8. The van der Waals surface area contributed by atoms with E-state index in [-0.39, 0.29) is 23.9 Å². The average Bonchev–Trinajstić information content (AvgIpc) is 2.81. The first-order valence-corrected chi connectivity index (χ1v) is 13.5. The van der Waals surface area contributed by atoms with Gasteiger partial charge in [-0.3, -0.25) is 9.59 Å². The number of hydrogen-bond donors (Lipinski definition) is 1. The van der Waals surface area contributed by atoms with E-state index in [1.54, 1.807) is 0 Å². The summed E-state index contributed by atoms with van der Waals surface area (Å²) in [4.78, 5) is 35.9. The third kappa shape index (κ3) is 13.3. The first kappa shape index (κ1) is 30.7. The van der Waals surface area contributed by atoms with Gasteiger partial charge in [0, 0.05) is 12.8 Å². The van der Waals surface area contributed by atoms with Crippen molar-refractivity contribution < 1.29 is 23.9 Å². The predicted octanol–water partition coefficient (Wildman–Crippen LogP) is 6.21. The molecule has 0 aromatic heterocycles. The molecule has 1 fully saturated rings. The highest BCUT2D eigenvalue weighted by Gasteiger charge is 2.43. The van der Waals surface area contributed by atoms with Gasteiger partial charge in [-0.2, -0.15) is 0 Å². The largest absolute Gasteiger partial charge is 0.461 e. The summed E-state index contributed by atoms with van der Waals surface area (Å²) in [6.07, 6.45) is 22.1. The van der Waals surface area contributed by atoms with E-state index in [0.717, 1.165) is 44.9 Å². The maximum Gasteiger partial charge on any atom is 0.328 e. The van der Waals surface area contributed by atoms with E-state index in [0.29, 0.717) is 25.7 Å². The molecule has 1 N–H and O–H groups in total. The van der Waals surface area contributed by atoms with Gasteiger partial charge in [-0.15, -0.1) is 0 Å². The van der Waals surface area contributed by atoms with E-state index in [4.69, 9.17) is 9.47 Å². The Morgan fingerprint density at radius 1 is 1.03 bits per heavy atom. The van der Waals surface area contributed by atoms with E-state index < -0.39 is 18.1 Å². The molecule has 0 aromatic rings. The number of esters is 2. The minimum Gasteiger partial charge on any atom is -0.461 e. The Morgan fingerprint density at radius 2 is 1.71 bits per heavy atom. The van der Waals surface area contributed by atoms with E-state index >= 15 is 0 Å². The summed E-state index contributed by atoms with van der Waals surface area (Å²) in [6, 6.07) is -0.674. The summed E-state index contributed by atoms with van der Waals surface area (Å²) < 4.78 is 11.3. The van der Waals surface area contributed by atoms with Crippen LogP contribution < -0.4 is 5.32 Å². The fraction of sp³-hybridized carbons (Fsp3) is 0.690. The van der Waals surface area contributed by atoms with E-state index in [2.05, 4.69) is 49.5 Å². The number of ether oxygens (including phenoxy) is 2. The van der Waals surface area contributed by atoms with E-state index in [1.165, 1.54) is 6.42 Å². The van der Waals surface area contributed by atoms with Crippen LogP contribution >= 0.6 is 0 Å². The van der Waals surface area contributed by atoms with Crippen LogP contribution in [0.2, 0.25) is 0 Å². The Kier molecular flexibility index (Phi) is 16.6. The number of allylic oxidation sites excluding steroid dienone is 5. The van der Waals surface area contributed by atoms with Crippen molar-refractivity contribution in [1.29, 1.82) is 0 Å². The number of cyclic esters (lactones) is 1. The van der Waals surface area contributed by atoms with Crippen molar-refractivity contribution in [2.75, 3.05) is 0 Å². The van der Waals surface area contributed by atoms with Crippen LogP contribution in [0.5, 0.6) is 0 Å². The molecular formula is C29H47NO5. The van der Waals surface area contributed by atoms with Gasteiger partial charge in [-0.1, -0.05) is 89.8 Å². The molecule has 6 heteroatoms. The average molecular weight is 490 g/mol. The topological polar surface area (TPSA) is 81.7 Å². The second kappa shape index (κ2) is 18.9. The normalized spacial score (nSPS) is 19.7. The summed E-state index contributed by atoms with van der Waals surface area (Å²) in [5, 5.41) is 2.59. The predicted molar refractivity (Wildman–Crippen MR) is 141 cm³/mol. The van der Waals surface area contributed by atoms with Gasteiger partial charge in [0.1, 0.15) is 18.2 Å². The minimum atomic E-state index is -0.674. The Labute approximate surface area is 212 Å². The molecule has 1 heterocycles. The number of amides is 1. The Bertz CT molecular complexity index is 697. The van der Waals surface area contributed by atoms with Gasteiger partial charge in [0.05, 0.1) is 5.92 Å². The van der Waals surface area contributed by atoms with Crippen molar-refractivity contribution in [3.8, 4) is 0 Å². The molecule has 1 aliphatic rings. The molecule has 6 nitrogen and oxygen atoms in total. The molecule has 1 rings (SSSR count). The molecule has 4 unspecified atom stereocenters. The van der Waals surface area contributed by atoms with Gasteiger partial charge in [-0.05, 0) is 38.0 Å². The highest BCUT2D eigenvalue weighted by atomic mass is 16.6. The van der Waals surface area contributed by atoms with Crippen molar-refractivity contribution in [3.63, 3.8) is 0 Å². The SMILES string of the molecule is CC/C=C/C/C=C/C/C=C/CC(CC1OC(=O)C1CCCCCC)OC(=O)C(CC(C)C)NC=O. The minimum absolute atomic E-state index is 0.115. The summed E-state index contributed by atoms with van der Waals surface area (Å²) in [5.74, 6) is -0.459. The standard InChI is InChI=1S/C29H47NO5/c1-5-7-9-11-12-13-14-15-16-18-24(34-29(33)26(30-22-31)20-23(3)4)21-27-25(28(32)35-27)19-17-10-8-6-2/h7,9,12-13,15-16,22-27H,5-6,8,10-11,14,17-21H2,1-4H3,(H,30,31)/b9-7+,13-12+,16-15+. The van der Waals surface area contributed by atoms with E-state index in [1.807, 2.05) is 19.9 Å². The highest BCUT2D eigenvalue weighted by molar-refractivity contribution is 5.79. The lowest BCUT2D eigenvalue weighted by Gasteiger charge is -2.37. The van der Waals surface area contributed by atoms with Gasteiger partial charge >= 0.3 is 11.9 Å². The Morgan fingerprint density at radius 3 is 2.31 bits per heavy atom. The summed E-state index contributed by atoms with van der Waals surface area (Å²) >= 11 is 0. The lowest BCUT2D eigenvalue weighted by atomic mass is 9.87. The molecule has 0 aliphatic carbocycles. The summed E-state index contributed by atoms with van der Waals surface area (Å²) in [5.41, 5.74) is 0. The fourth-order valence-corrected chi connectivity index (χ4v) is 4.15. The number of unbranched alkanes of at least 4 members (excludes halogenated alkanes) is 3. The molecular weight excluding hydrogens is 442 g/mol. The second-order valence-corrected chi connectivity index (χ2v) is 9.72. The smallest absolute Gasteiger partial charge is 0.328 e. The summed E-state index contributed by atoms with van der Waals surface area (Å²) in [7, 11) is 0. The Hall–Kier alpha value is -2.37. The van der Waals surface area contributed by atoms with Gasteiger partial charge in [0.15, 0.2) is 0 Å². The molecule has 0 aromatic carbocycles. The fourth-order valence-electron chi connectivity index (χ4n) is 4.15. The molecule has 1 amide bonds. The number of hydrogen-bond acceptors (Lipinski definition) is 5. The van der Waals surface area contributed by atoms with Gasteiger partial charge in [0.25, 0.3) is 0 Å². The van der Waals surface area contributed by atoms with Crippen LogP contribution in [0, 0.1) is 11.8 Å². The van der Waals surface area contributed by atoms with Crippen LogP contribution in [0.3, 0.4) is 0 Å². The van der Waals surface area contributed by atoms with Crippen molar-refractivity contribution in [2.45, 2.75) is 117 Å². The number of carbonyl (C=O) groups is 3. The van der Waals surface area contributed by atoms with Crippen molar-refractivity contribution in [2.24, 2.45) is 11.8 Å². The third-order valence-corrected chi connectivity index (χ3v) is 6.11. The maximum atomic E-state index is 12.8. The van der Waals surface area contributed by atoms with Crippen LogP contribution in [-0.2, 0) is 23.9 Å². The number of carbonyl (C=O) groups excluding carboxylic acids is 3. The molecule has 198 valence electrons. The van der Waals surface area contributed by atoms with Crippen molar-refractivity contribution >= 4 is 18.3 Å². The van der Waals surface area contributed by atoms with Crippen LogP contribution in [-0.4, -0.2) is 36.6 Å². The van der Waals surface area contributed by atoms with Crippen molar-refractivity contribution in [1.82, 2.24) is 5.32 Å². The number of nitrogens with one attached hydrogen (secondary N) is 1. The monoisotopic (exact) mass is 489 g/mol. The van der Waals surface area contributed by atoms with Crippen LogP contribution in [0.1, 0.15) is 98.3 Å². The molecule has 0 bridgehead atoms. The van der Waals surface area contributed by atoms with E-state index in [9.17, 15) is 14.4 Å². The molecule has 0 spiro atoms. The van der Waals surface area contributed by atoms with Gasteiger partial charge < -0.3 is 14.8 Å². The zero-order valence-electron chi connectivity index (χ0n) is 22.2. The zero-order chi connectivity index (χ0) is 25.9. The molecule has 1 saturated heterocycles. The van der Waals surface area contributed by atoms with Crippen LogP contribution in [0.15, 0.2) is 36.5 Å². The lowest BCUT2D eigenvalue weighted by Crippen LogP contribution is -2.48. The van der Waals surface area contributed by atoms with Gasteiger partial charge in [0.2, 0.25) is 6.41 Å². The van der Waals surface area contributed by atoms with Crippen molar-refractivity contribution in [3.05, 3.63) is 36.5 Å². The van der Waals surface area contributed by atoms with Gasteiger partial charge in [-0.25, -0.2) is 4.79 Å². The van der Waals surface area contributed by atoms with Crippen LogP contribution in [0.4, 0.5) is 0 Å². The molecule has 4 atom stereocenters.